The van der Waals surface area contributed by atoms with Crippen LogP contribution in [0.4, 0.5) is 4.79 Å². The number of para-hydroxylation sites is 1. The Hall–Kier alpha value is -3.26. The quantitative estimate of drug-likeness (QED) is 0.264. The molecule has 1 atom stereocenters. The first-order chi connectivity index (χ1) is 14.5. The third kappa shape index (κ3) is 6.67. The number of rotatable bonds is 9. The zero-order valence-electron chi connectivity index (χ0n) is 16.6. The SMILES string of the molecule is CCCCOC(=O)OCOC(=O)c1cccc2c1OB(O)C(NC(=O)CCC#N)C2. The van der Waals surface area contributed by atoms with E-state index >= 15 is 0 Å². The molecule has 0 radical (unpaired) electrons. The van der Waals surface area contributed by atoms with E-state index in [2.05, 4.69) is 10.1 Å². The number of esters is 1. The van der Waals surface area contributed by atoms with Crippen molar-refractivity contribution in [3.63, 3.8) is 0 Å². The summed E-state index contributed by atoms with van der Waals surface area (Å²) in [7, 11) is -1.39. The highest BCUT2D eigenvalue weighted by Crippen LogP contribution is 2.30. The van der Waals surface area contributed by atoms with Gasteiger partial charge in [-0.25, -0.2) is 9.59 Å². The van der Waals surface area contributed by atoms with E-state index in [0.717, 1.165) is 6.42 Å². The van der Waals surface area contributed by atoms with Crippen molar-refractivity contribution in [1.82, 2.24) is 5.32 Å². The number of ether oxygens (including phenoxy) is 3. The minimum absolute atomic E-state index is 0.0137. The highest BCUT2D eigenvalue weighted by atomic mass is 16.8. The summed E-state index contributed by atoms with van der Waals surface area (Å²) in [4.78, 5) is 35.5. The van der Waals surface area contributed by atoms with Gasteiger partial charge in [-0.3, -0.25) is 4.79 Å². The second-order valence-electron chi connectivity index (χ2n) is 6.48. The minimum atomic E-state index is -1.39. The van der Waals surface area contributed by atoms with E-state index < -0.39 is 32.0 Å². The molecule has 2 N–H and O–H groups in total. The van der Waals surface area contributed by atoms with Crippen LogP contribution in [-0.2, 0) is 25.4 Å². The Morgan fingerprint density at radius 2 is 2.13 bits per heavy atom. The summed E-state index contributed by atoms with van der Waals surface area (Å²) in [5, 5.41) is 21.4. The number of carbonyl (C=O) groups is 3. The number of unbranched alkanes of at least 4 members (excludes halogenated alkanes) is 1. The fraction of sp³-hybridized carbons (Fsp3) is 0.474. The topological polar surface area (TPSA) is 144 Å². The van der Waals surface area contributed by atoms with Crippen LogP contribution in [0.3, 0.4) is 0 Å². The summed E-state index contributed by atoms with van der Waals surface area (Å²) in [6.45, 7) is 1.53. The van der Waals surface area contributed by atoms with Gasteiger partial charge < -0.3 is 29.2 Å². The molecule has 0 aromatic heterocycles. The maximum atomic E-state index is 12.3. The largest absolute Gasteiger partial charge is 0.547 e. The van der Waals surface area contributed by atoms with Crippen LogP contribution < -0.4 is 9.97 Å². The van der Waals surface area contributed by atoms with Crippen LogP contribution in [0.2, 0.25) is 0 Å². The molecule has 0 spiro atoms. The molecule has 1 aromatic rings. The van der Waals surface area contributed by atoms with Gasteiger partial charge in [0.25, 0.3) is 0 Å². The molecule has 1 unspecified atom stereocenters. The van der Waals surface area contributed by atoms with Crippen LogP contribution in [0, 0.1) is 11.3 Å². The lowest BCUT2D eigenvalue weighted by Gasteiger charge is -2.29. The fourth-order valence-electron chi connectivity index (χ4n) is 2.71. The summed E-state index contributed by atoms with van der Waals surface area (Å²) in [6.07, 6.45) is 0.919. The van der Waals surface area contributed by atoms with E-state index in [1.807, 2.05) is 13.0 Å². The number of amides is 1. The van der Waals surface area contributed by atoms with Gasteiger partial charge in [0.2, 0.25) is 12.7 Å². The number of nitrogens with one attached hydrogen (secondary N) is 1. The molecular formula is C19H23BN2O8. The van der Waals surface area contributed by atoms with E-state index in [-0.39, 0.29) is 43.1 Å². The molecule has 0 saturated heterocycles. The van der Waals surface area contributed by atoms with Gasteiger partial charge in [0.1, 0.15) is 11.3 Å². The van der Waals surface area contributed by atoms with Gasteiger partial charge in [-0.15, -0.1) is 0 Å². The van der Waals surface area contributed by atoms with Crippen molar-refractivity contribution in [3.8, 4) is 11.8 Å². The monoisotopic (exact) mass is 418 g/mol. The van der Waals surface area contributed by atoms with Gasteiger partial charge in [-0.1, -0.05) is 25.5 Å². The minimum Gasteiger partial charge on any atom is -0.534 e. The van der Waals surface area contributed by atoms with E-state index in [0.29, 0.717) is 12.0 Å². The van der Waals surface area contributed by atoms with Crippen molar-refractivity contribution >= 4 is 25.2 Å². The van der Waals surface area contributed by atoms with Crippen molar-refractivity contribution in [2.45, 2.75) is 45.0 Å². The van der Waals surface area contributed by atoms with Crippen molar-refractivity contribution in [2.75, 3.05) is 13.4 Å². The Labute approximate surface area is 174 Å². The van der Waals surface area contributed by atoms with E-state index in [1.54, 1.807) is 12.1 Å². The standard InChI is InChI=1S/C19H23BN2O8/c1-2-3-10-27-19(25)29-12-28-18(24)14-7-4-6-13-11-15(20(26)30-17(13)14)22-16(23)8-5-9-21/h4,6-7,15,26H,2-3,5,8,10-12H2,1H3,(H,22,23). The first-order valence-electron chi connectivity index (χ1n) is 9.55. The lowest BCUT2D eigenvalue weighted by Crippen LogP contribution is -2.53. The van der Waals surface area contributed by atoms with Crippen LogP contribution >= 0.6 is 0 Å². The summed E-state index contributed by atoms with van der Waals surface area (Å²) in [5.74, 6) is -1.79. The molecule has 1 amide bonds. The van der Waals surface area contributed by atoms with Gasteiger partial charge in [0.15, 0.2) is 0 Å². The molecule has 30 heavy (non-hydrogen) atoms. The molecular weight excluding hydrogens is 395 g/mol. The molecule has 0 aliphatic carbocycles. The second kappa shape index (κ2) is 11.7. The van der Waals surface area contributed by atoms with Gasteiger partial charge in [-0.2, -0.15) is 5.26 Å². The number of carbonyl (C=O) groups excluding carboxylic acids is 3. The van der Waals surface area contributed by atoms with Crippen LogP contribution in [0.15, 0.2) is 18.2 Å². The van der Waals surface area contributed by atoms with Crippen LogP contribution in [-0.4, -0.2) is 49.5 Å². The molecule has 2 rings (SSSR count). The third-order valence-electron chi connectivity index (χ3n) is 4.23. The van der Waals surface area contributed by atoms with E-state index in [9.17, 15) is 19.4 Å². The molecule has 1 heterocycles. The molecule has 11 heteroatoms. The number of nitriles is 1. The number of benzene rings is 1. The highest BCUT2D eigenvalue weighted by Gasteiger charge is 2.37. The summed E-state index contributed by atoms with van der Waals surface area (Å²) < 4.78 is 19.8. The Morgan fingerprint density at radius 1 is 1.33 bits per heavy atom. The van der Waals surface area contributed by atoms with Crippen molar-refractivity contribution in [2.24, 2.45) is 0 Å². The smallest absolute Gasteiger partial charge is 0.534 e. The predicted molar refractivity (Wildman–Crippen MR) is 103 cm³/mol. The van der Waals surface area contributed by atoms with Gasteiger partial charge in [0, 0.05) is 12.8 Å². The Bertz CT molecular complexity index is 810. The summed E-state index contributed by atoms with van der Waals surface area (Å²) in [5.41, 5.74) is 0.629. The van der Waals surface area contributed by atoms with Crippen LogP contribution in [0.5, 0.6) is 5.75 Å². The van der Waals surface area contributed by atoms with Crippen molar-refractivity contribution in [1.29, 1.82) is 5.26 Å². The normalized spacial score (nSPS) is 14.6. The molecule has 160 valence electrons. The maximum absolute atomic E-state index is 12.3. The molecule has 0 saturated carbocycles. The molecule has 10 nitrogen and oxygen atoms in total. The molecule has 1 aliphatic rings. The second-order valence-corrected chi connectivity index (χ2v) is 6.48. The van der Waals surface area contributed by atoms with Gasteiger partial charge >= 0.3 is 19.2 Å². The zero-order valence-corrected chi connectivity index (χ0v) is 16.6. The van der Waals surface area contributed by atoms with E-state index in [1.165, 1.54) is 6.07 Å². The average molecular weight is 418 g/mol. The Morgan fingerprint density at radius 3 is 2.87 bits per heavy atom. The average Bonchev–Trinajstić information content (AvgIpc) is 2.72. The summed E-state index contributed by atoms with van der Waals surface area (Å²) in [6, 6.07) is 6.61. The molecule has 1 aromatic carbocycles. The van der Waals surface area contributed by atoms with Gasteiger partial charge in [-0.05, 0) is 24.5 Å². The molecule has 0 fully saturated rings. The lowest BCUT2D eigenvalue weighted by atomic mass is 9.72. The maximum Gasteiger partial charge on any atom is 0.547 e. The zero-order chi connectivity index (χ0) is 21.9. The number of hydrogen-bond acceptors (Lipinski definition) is 9. The highest BCUT2D eigenvalue weighted by molar-refractivity contribution is 6.47. The van der Waals surface area contributed by atoms with Crippen LogP contribution in [0.25, 0.3) is 0 Å². The third-order valence-corrected chi connectivity index (χ3v) is 4.23. The summed E-state index contributed by atoms with van der Waals surface area (Å²) >= 11 is 0. The number of fused-ring (bicyclic) bond motifs is 1. The lowest BCUT2D eigenvalue weighted by molar-refractivity contribution is -0.121. The van der Waals surface area contributed by atoms with Crippen LogP contribution in [0.1, 0.15) is 48.5 Å². The molecule has 1 aliphatic heterocycles. The fourth-order valence-corrected chi connectivity index (χ4v) is 2.71. The Kier molecular flexibility index (Phi) is 8.96. The number of hydrogen-bond donors (Lipinski definition) is 2. The van der Waals surface area contributed by atoms with E-state index in [4.69, 9.17) is 19.4 Å². The van der Waals surface area contributed by atoms with Gasteiger partial charge in [0.05, 0.1) is 18.6 Å². The Balaban J connectivity index is 1.94. The predicted octanol–water partition coefficient (Wildman–Crippen LogP) is 1.50. The van der Waals surface area contributed by atoms with Crippen molar-refractivity contribution in [3.05, 3.63) is 29.3 Å². The van der Waals surface area contributed by atoms with Crippen molar-refractivity contribution < 1.29 is 38.3 Å². The number of nitrogens with zero attached hydrogens (tertiary/aromatic N) is 1. The first kappa shape index (κ1) is 23.0. The molecule has 0 bridgehead atoms. The first-order valence-corrected chi connectivity index (χ1v) is 9.55.